The highest BCUT2D eigenvalue weighted by Crippen LogP contribution is 2.24. The maximum absolute atomic E-state index is 13.8. The van der Waals surface area contributed by atoms with Crippen LogP contribution in [0.5, 0.6) is 5.75 Å². The molecule has 0 amide bonds. The zero-order valence-corrected chi connectivity index (χ0v) is 11.2. The molecule has 0 saturated heterocycles. The van der Waals surface area contributed by atoms with Crippen molar-refractivity contribution in [2.75, 3.05) is 26.4 Å². The molecule has 0 aromatic heterocycles. The highest BCUT2D eigenvalue weighted by Gasteiger charge is 2.20. The van der Waals surface area contributed by atoms with Crippen molar-refractivity contribution < 1.29 is 23.4 Å². The summed E-state index contributed by atoms with van der Waals surface area (Å²) in [5.41, 5.74) is 0.566. The quantitative estimate of drug-likeness (QED) is 0.677. The third-order valence-electron chi connectivity index (χ3n) is 2.94. The van der Waals surface area contributed by atoms with E-state index < -0.39 is 11.6 Å². The van der Waals surface area contributed by atoms with Crippen molar-refractivity contribution in [3.63, 3.8) is 0 Å². The summed E-state index contributed by atoms with van der Waals surface area (Å²) in [6.07, 6.45) is 2.25. The van der Waals surface area contributed by atoms with E-state index in [1.165, 1.54) is 12.1 Å². The first-order chi connectivity index (χ1) is 9.70. The van der Waals surface area contributed by atoms with Gasteiger partial charge in [-0.2, -0.15) is 0 Å². The van der Waals surface area contributed by atoms with E-state index in [1.807, 2.05) is 0 Å². The molecule has 0 heterocycles. The molecule has 112 valence electrons. The lowest BCUT2D eigenvalue weighted by molar-refractivity contribution is 0.0686. The molecular weight excluding hydrogens is 268 g/mol. The maximum atomic E-state index is 13.8. The van der Waals surface area contributed by atoms with Crippen LogP contribution in [-0.4, -0.2) is 37.6 Å². The molecule has 1 aliphatic rings. The van der Waals surface area contributed by atoms with E-state index in [-0.39, 0.29) is 32.2 Å². The molecular formula is C14H19F2NO3. The Morgan fingerprint density at radius 2 is 1.85 bits per heavy atom. The van der Waals surface area contributed by atoms with Gasteiger partial charge in [-0.25, -0.2) is 8.78 Å². The highest BCUT2D eigenvalue weighted by atomic mass is 19.1. The molecule has 1 aliphatic carbocycles. The molecule has 2 rings (SSSR count). The monoisotopic (exact) mass is 287 g/mol. The number of halogens is 2. The van der Waals surface area contributed by atoms with E-state index in [0.29, 0.717) is 18.2 Å². The molecule has 1 fully saturated rings. The van der Waals surface area contributed by atoms with Gasteiger partial charge in [-0.15, -0.1) is 0 Å². The summed E-state index contributed by atoms with van der Waals surface area (Å²) in [5.74, 6) is -1.80. The Morgan fingerprint density at radius 1 is 1.15 bits per heavy atom. The second-order valence-electron chi connectivity index (χ2n) is 4.73. The molecule has 0 bridgehead atoms. The van der Waals surface area contributed by atoms with Crippen molar-refractivity contribution in [2.24, 2.45) is 0 Å². The fourth-order valence-corrected chi connectivity index (χ4v) is 1.77. The summed E-state index contributed by atoms with van der Waals surface area (Å²) in [6, 6.07) is 3.05. The average Bonchev–Trinajstić information content (AvgIpc) is 3.23. The van der Waals surface area contributed by atoms with Gasteiger partial charge in [0.15, 0.2) is 17.4 Å². The lowest BCUT2D eigenvalue weighted by Gasteiger charge is -2.10. The van der Waals surface area contributed by atoms with Gasteiger partial charge < -0.3 is 19.9 Å². The van der Waals surface area contributed by atoms with Crippen LogP contribution in [0.15, 0.2) is 12.1 Å². The topological polar surface area (TPSA) is 50.7 Å². The molecule has 4 nitrogen and oxygen atoms in total. The third-order valence-corrected chi connectivity index (χ3v) is 2.94. The van der Waals surface area contributed by atoms with Crippen LogP contribution >= 0.6 is 0 Å². The summed E-state index contributed by atoms with van der Waals surface area (Å²) in [6.45, 7) is 0.752. The first kappa shape index (κ1) is 15.2. The van der Waals surface area contributed by atoms with Gasteiger partial charge in [0.25, 0.3) is 0 Å². The number of ether oxygens (including phenoxy) is 2. The molecule has 0 spiro atoms. The largest absolute Gasteiger partial charge is 0.485 e. The van der Waals surface area contributed by atoms with Crippen molar-refractivity contribution in [3.05, 3.63) is 29.3 Å². The van der Waals surface area contributed by atoms with Crippen molar-refractivity contribution in [2.45, 2.75) is 25.4 Å². The van der Waals surface area contributed by atoms with Gasteiger partial charge in [0.2, 0.25) is 0 Å². The molecule has 1 aromatic carbocycles. The van der Waals surface area contributed by atoms with Gasteiger partial charge in [-0.1, -0.05) is 0 Å². The fraction of sp³-hybridized carbons (Fsp3) is 0.571. The van der Waals surface area contributed by atoms with Gasteiger partial charge in [0.05, 0.1) is 19.8 Å². The van der Waals surface area contributed by atoms with Gasteiger partial charge in [0.1, 0.15) is 6.61 Å². The molecule has 0 aliphatic heterocycles. The molecule has 0 radical (unpaired) electrons. The molecule has 2 N–H and O–H groups in total. The Balaban J connectivity index is 1.84. The number of aliphatic hydroxyl groups excluding tert-OH is 1. The van der Waals surface area contributed by atoms with Crippen LogP contribution in [0.2, 0.25) is 0 Å². The minimum absolute atomic E-state index is 0.0352. The first-order valence-corrected chi connectivity index (χ1v) is 6.73. The van der Waals surface area contributed by atoms with E-state index in [0.717, 1.165) is 12.8 Å². The first-order valence-electron chi connectivity index (χ1n) is 6.73. The Labute approximate surface area is 116 Å². The number of hydrogen-bond acceptors (Lipinski definition) is 4. The standard InChI is InChI=1S/C14H19F2NO3/c15-12-7-10(9-17-11-1-2-11)8-13(16)14(12)20-6-5-19-4-3-18/h7-8,11,17-18H,1-6,9H2. The van der Waals surface area contributed by atoms with Gasteiger partial charge >= 0.3 is 0 Å². The SMILES string of the molecule is OCCOCCOc1c(F)cc(CNC2CC2)cc1F. The second-order valence-corrected chi connectivity index (χ2v) is 4.73. The van der Waals surface area contributed by atoms with E-state index in [9.17, 15) is 8.78 Å². The van der Waals surface area contributed by atoms with Crippen molar-refractivity contribution in [1.29, 1.82) is 0 Å². The molecule has 0 atom stereocenters. The number of aliphatic hydroxyl groups is 1. The summed E-state index contributed by atoms with van der Waals surface area (Å²) in [5, 5.41) is 11.7. The van der Waals surface area contributed by atoms with Gasteiger partial charge in [-0.05, 0) is 30.5 Å². The Morgan fingerprint density at radius 3 is 2.45 bits per heavy atom. The zero-order chi connectivity index (χ0) is 14.4. The van der Waals surface area contributed by atoms with E-state index in [1.54, 1.807) is 0 Å². The highest BCUT2D eigenvalue weighted by molar-refractivity contribution is 5.31. The fourth-order valence-electron chi connectivity index (χ4n) is 1.77. The number of hydrogen-bond donors (Lipinski definition) is 2. The maximum Gasteiger partial charge on any atom is 0.190 e. The lowest BCUT2D eigenvalue weighted by atomic mass is 10.2. The van der Waals surface area contributed by atoms with Crippen LogP contribution < -0.4 is 10.1 Å². The second kappa shape index (κ2) is 7.52. The van der Waals surface area contributed by atoms with Crippen LogP contribution in [0.1, 0.15) is 18.4 Å². The molecule has 1 aromatic rings. The summed E-state index contributed by atoms with van der Waals surface area (Å²) >= 11 is 0. The summed E-state index contributed by atoms with van der Waals surface area (Å²) in [7, 11) is 0. The van der Waals surface area contributed by atoms with Crippen molar-refractivity contribution >= 4 is 0 Å². The molecule has 6 heteroatoms. The normalized spacial score (nSPS) is 14.6. The van der Waals surface area contributed by atoms with Gasteiger partial charge in [-0.3, -0.25) is 0 Å². The van der Waals surface area contributed by atoms with Crippen LogP contribution in [-0.2, 0) is 11.3 Å². The van der Waals surface area contributed by atoms with E-state index >= 15 is 0 Å². The van der Waals surface area contributed by atoms with Crippen LogP contribution in [0.25, 0.3) is 0 Å². The zero-order valence-electron chi connectivity index (χ0n) is 11.2. The lowest BCUT2D eigenvalue weighted by Crippen LogP contribution is -2.16. The third kappa shape index (κ3) is 4.70. The Hall–Kier alpha value is -1.24. The predicted octanol–water partition coefficient (Wildman–Crippen LogP) is 1.60. The predicted molar refractivity (Wildman–Crippen MR) is 69.6 cm³/mol. The molecule has 1 saturated carbocycles. The van der Waals surface area contributed by atoms with Crippen LogP contribution in [0.4, 0.5) is 8.78 Å². The molecule has 20 heavy (non-hydrogen) atoms. The summed E-state index contributed by atoms with van der Waals surface area (Å²) < 4.78 is 37.5. The Bertz CT molecular complexity index is 415. The number of nitrogens with one attached hydrogen (secondary N) is 1. The van der Waals surface area contributed by atoms with Crippen LogP contribution in [0.3, 0.4) is 0 Å². The average molecular weight is 287 g/mol. The van der Waals surface area contributed by atoms with E-state index in [2.05, 4.69) is 5.32 Å². The molecule has 0 unspecified atom stereocenters. The Kier molecular flexibility index (Phi) is 5.70. The van der Waals surface area contributed by atoms with Crippen LogP contribution in [0, 0.1) is 11.6 Å². The van der Waals surface area contributed by atoms with Gasteiger partial charge in [0, 0.05) is 12.6 Å². The van der Waals surface area contributed by atoms with Crippen molar-refractivity contribution in [3.8, 4) is 5.75 Å². The minimum atomic E-state index is -0.709. The number of benzene rings is 1. The van der Waals surface area contributed by atoms with Crippen molar-refractivity contribution in [1.82, 2.24) is 5.32 Å². The summed E-state index contributed by atoms with van der Waals surface area (Å²) in [4.78, 5) is 0. The minimum Gasteiger partial charge on any atom is -0.485 e. The van der Waals surface area contributed by atoms with E-state index in [4.69, 9.17) is 14.6 Å². The smallest absolute Gasteiger partial charge is 0.190 e. The number of rotatable bonds is 9.